The standard InChI is InChI=1S/C20H24N6O2/c1-14(25-13-21-12-23-25)10-20(27)24-18-4-3-5-19-17(18)11-22-26(19)15-6-8-16(28-2)9-7-15/h6-9,11-14,18H,3-5,10H2,1-2H3,(H,24,27)/t14-,18+/m0/s1. The highest BCUT2D eigenvalue weighted by Crippen LogP contribution is 2.31. The first-order chi connectivity index (χ1) is 13.7. The molecule has 4 rings (SSSR count). The fourth-order valence-electron chi connectivity index (χ4n) is 3.71. The van der Waals surface area contributed by atoms with Gasteiger partial charge in [0.15, 0.2) is 0 Å². The van der Waals surface area contributed by atoms with E-state index in [1.807, 2.05) is 42.1 Å². The van der Waals surface area contributed by atoms with E-state index in [4.69, 9.17) is 4.74 Å². The molecule has 0 radical (unpaired) electrons. The lowest BCUT2D eigenvalue weighted by atomic mass is 9.92. The van der Waals surface area contributed by atoms with Crippen LogP contribution < -0.4 is 10.1 Å². The average Bonchev–Trinajstić information content (AvgIpc) is 3.38. The number of rotatable bonds is 6. The highest BCUT2D eigenvalue weighted by Gasteiger charge is 2.26. The first-order valence-electron chi connectivity index (χ1n) is 9.50. The number of aromatic nitrogens is 5. The topological polar surface area (TPSA) is 86.9 Å². The van der Waals surface area contributed by atoms with Crippen LogP contribution in [0.4, 0.5) is 0 Å². The molecule has 0 aliphatic heterocycles. The third kappa shape index (κ3) is 3.62. The summed E-state index contributed by atoms with van der Waals surface area (Å²) >= 11 is 0. The molecule has 2 atom stereocenters. The molecule has 0 unspecified atom stereocenters. The summed E-state index contributed by atoms with van der Waals surface area (Å²) in [4.78, 5) is 16.5. The molecule has 8 nitrogen and oxygen atoms in total. The molecule has 3 aromatic rings. The molecule has 1 aromatic carbocycles. The van der Waals surface area contributed by atoms with E-state index in [1.165, 1.54) is 6.33 Å². The van der Waals surface area contributed by atoms with Crippen molar-refractivity contribution in [1.82, 2.24) is 29.9 Å². The number of benzene rings is 1. The van der Waals surface area contributed by atoms with Gasteiger partial charge in [-0.2, -0.15) is 10.2 Å². The Hall–Kier alpha value is -3.16. The Balaban J connectivity index is 1.48. The zero-order valence-corrected chi connectivity index (χ0v) is 16.1. The van der Waals surface area contributed by atoms with Crippen LogP contribution >= 0.6 is 0 Å². The van der Waals surface area contributed by atoms with Crippen LogP contribution in [-0.4, -0.2) is 37.6 Å². The van der Waals surface area contributed by atoms with Gasteiger partial charge in [0.1, 0.15) is 18.4 Å². The van der Waals surface area contributed by atoms with E-state index in [0.717, 1.165) is 42.0 Å². The summed E-state index contributed by atoms with van der Waals surface area (Å²) in [6.45, 7) is 1.96. The Morgan fingerprint density at radius 2 is 2.14 bits per heavy atom. The van der Waals surface area contributed by atoms with Crippen molar-refractivity contribution in [2.45, 2.75) is 44.7 Å². The summed E-state index contributed by atoms with van der Waals surface area (Å²) in [6.07, 6.45) is 8.24. The monoisotopic (exact) mass is 380 g/mol. The molecule has 8 heteroatoms. The van der Waals surface area contributed by atoms with Crippen molar-refractivity contribution in [3.63, 3.8) is 0 Å². The molecule has 0 saturated carbocycles. The van der Waals surface area contributed by atoms with Crippen molar-refractivity contribution >= 4 is 5.91 Å². The first-order valence-corrected chi connectivity index (χ1v) is 9.50. The zero-order chi connectivity index (χ0) is 19.5. The van der Waals surface area contributed by atoms with E-state index >= 15 is 0 Å². The first kappa shape index (κ1) is 18.2. The van der Waals surface area contributed by atoms with Crippen LogP contribution in [0.2, 0.25) is 0 Å². The van der Waals surface area contributed by atoms with E-state index in [-0.39, 0.29) is 18.0 Å². The van der Waals surface area contributed by atoms with Crippen molar-refractivity contribution in [1.29, 1.82) is 0 Å². The van der Waals surface area contributed by atoms with Crippen molar-refractivity contribution in [3.05, 3.63) is 54.4 Å². The van der Waals surface area contributed by atoms with E-state index in [1.54, 1.807) is 18.1 Å². The average molecular weight is 380 g/mol. The van der Waals surface area contributed by atoms with Crippen molar-refractivity contribution < 1.29 is 9.53 Å². The largest absolute Gasteiger partial charge is 0.497 e. The predicted molar refractivity (Wildman–Crippen MR) is 103 cm³/mol. The third-order valence-corrected chi connectivity index (χ3v) is 5.20. The fourth-order valence-corrected chi connectivity index (χ4v) is 3.71. The number of hydrogen-bond acceptors (Lipinski definition) is 5. The molecule has 1 amide bonds. The number of nitrogens with zero attached hydrogens (tertiary/aromatic N) is 5. The van der Waals surface area contributed by atoms with E-state index in [0.29, 0.717) is 6.42 Å². The number of fused-ring (bicyclic) bond motifs is 1. The minimum absolute atomic E-state index is 0.00815. The van der Waals surface area contributed by atoms with Crippen LogP contribution in [-0.2, 0) is 11.2 Å². The Morgan fingerprint density at radius 1 is 1.32 bits per heavy atom. The lowest BCUT2D eigenvalue weighted by Crippen LogP contribution is -2.32. The van der Waals surface area contributed by atoms with Crippen LogP contribution in [0.1, 0.15) is 49.5 Å². The lowest BCUT2D eigenvalue weighted by Gasteiger charge is -2.25. The van der Waals surface area contributed by atoms with Crippen molar-refractivity contribution in [2.24, 2.45) is 0 Å². The maximum atomic E-state index is 12.6. The van der Waals surface area contributed by atoms with Gasteiger partial charge in [-0.05, 0) is 50.5 Å². The molecule has 146 valence electrons. The van der Waals surface area contributed by atoms with E-state index in [9.17, 15) is 4.79 Å². The van der Waals surface area contributed by atoms with Crippen LogP contribution in [0.5, 0.6) is 5.75 Å². The Morgan fingerprint density at radius 3 is 2.86 bits per heavy atom. The Labute approximate surface area is 163 Å². The van der Waals surface area contributed by atoms with Crippen molar-refractivity contribution in [2.75, 3.05) is 7.11 Å². The van der Waals surface area contributed by atoms with Crippen molar-refractivity contribution in [3.8, 4) is 11.4 Å². The molecule has 1 aliphatic rings. The second-order valence-corrected chi connectivity index (χ2v) is 7.10. The van der Waals surface area contributed by atoms with Gasteiger partial charge in [0.2, 0.25) is 5.91 Å². The number of ether oxygens (including phenoxy) is 1. The van der Waals surface area contributed by atoms with Gasteiger partial charge < -0.3 is 10.1 Å². The Bertz CT molecular complexity index is 932. The van der Waals surface area contributed by atoms with E-state index < -0.39 is 0 Å². The molecule has 28 heavy (non-hydrogen) atoms. The molecule has 0 bridgehead atoms. The van der Waals surface area contributed by atoms with Crippen LogP contribution in [0, 0.1) is 0 Å². The summed E-state index contributed by atoms with van der Waals surface area (Å²) in [5, 5.41) is 11.9. The second kappa shape index (κ2) is 7.84. The summed E-state index contributed by atoms with van der Waals surface area (Å²) in [5.41, 5.74) is 3.25. The summed E-state index contributed by atoms with van der Waals surface area (Å²) < 4.78 is 8.90. The van der Waals surface area contributed by atoms with Gasteiger partial charge >= 0.3 is 0 Å². The van der Waals surface area contributed by atoms with Gasteiger partial charge in [-0.3, -0.25) is 4.79 Å². The van der Waals surface area contributed by atoms with Gasteiger partial charge in [-0.1, -0.05) is 0 Å². The molecular formula is C20H24N6O2. The van der Waals surface area contributed by atoms with Gasteiger partial charge in [0, 0.05) is 17.7 Å². The zero-order valence-electron chi connectivity index (χ0n) is 16.1. The number of hydrogen-bond donors (Lipinski definition) is 1. The summed E-state index contributed by atoms with van der Waals surface area (Å²) in [5.74, 6) is 0.828. The number of nitrogens with one attached hydrogen (secondary N) is 1. The van der Waals surface area contributed by atoms with Gasteiger partial charge in [0.05, 0.1) is 31.1 Å². The maximum absolute atomic E-state index is 12.6. The summed E-state index contributed by atoms with van der Waals surface area (Å²) in [7, 11) is 1.65. The minimum Gasteiger partial charge on any atom is -0.497 e. The highest BCUT2D eigenvalue weighted by molar-refractivity contribution is 5.77. The molecule has 0 fully saturated rings. The fraction of sp³-hybridized carbons (Fsp3) is 0.400. The molecule has 2 heterocycles. The number of carbonyl (C=O) groups is 1. The Kier molecular flexibility index (Phi) is 5.10. The van der Waals surface area contributed by atoms with Crippen LogP contribution in [0.3, 0.4) is 0 Å². The molecular weight excluding hydrogens is 356 g/mol. The highest BCUT2D eigenvalue weighted by atomic mass is 16.5. The molecule has 2 aromatic heterocycles. The maximum Gasteiger partial charge on any atom is 0.222 e. The van der Waals surface area contributed by atoms with Gasteiger partial charge in [-0.25, -0.2) is 14.3 Å². The molecule has 0 saturated heterocycles. The minimum atomic E-state index is -0.0346. The predicted octanol–water partition coefficient (Wildman–Crippen LogP) is 2.62. The number of amides is 1. The lowest BCUT2D eigenvalue weighted by molar-refractivity contribution is -0.122. The quantitative estimate of drug-likeness (QED) is 0.710. The SMILES string of the molecule is COc1ccc(-n2ncc3c2CCC[C@H]3NC(=O)C[C@H](C)n2cncn2)cc1. The van der Waals surface area contributed by atoms with Crippen LogP contribution in [0.25, 0.3) is 5.69 Å². The van der Waals surface area contributed by atoms with Gasteiger partial charge in [0.25, 0.3) is 0 Å². The smallest absolute Gasteiger partial charge is 0.222 e. The van der Waals surface area contributed by atoms with Crippen LogP contribution in [0.15, 0.2) is 43.1 Å². The summed E-state index contributed by atoms with van der Waals surface area (Å²) in [6, 6.07) is 7.80. The number of carbonyl (C=O) groups excluding carboxylic acids is 1. The number of methoxy groups -OCH3 is 1. The van der Waals surface area contributed by atoms with E-state index in [2.05, 4.69) is 20.5 Å². The molecule has 1 aliphatic carbocycles. The molecule has 1 N–H and O–H groups in total. The third-order valence-electron chi connectivity index (χ3n) is 5.20. The second-order valence-electron chi connectivity index (χ2n) is 7.10. The van der Waals surface area contributed by atoms with Gasteiger partial charge in [-0.15, -0.1) is 0 Å². The molecule has 0 spiro atoms. The normalized spacial score (nSPS) is 17.0.